The maximum Gasteiger partial charge on any atom is 0.225 e. The van der Waals surface area contributed by atoms with Gasteiger partial charge in [0.05, 0.1) is 5.69 Å². The minimum Gasteiger partial charge on any atom is -0.384 e. The number of aromatic nitrogens is 1. The Morgan fingerprint density at radius 2 is 1.91 bits per heavy atom. The number of benzene rings is 1. The monoisotopic (exact) mass is 333 g/mol. The van der Waals surface area contributed by atoms with Gasteiger partial charge in [0.2, 0.25) is 5.91 Å². The summed E-state index contributed by atoms with van der Waals surface area (Å²) >= 11 is 1.54. The molecule has 126 valence electrons. The molecule has 1 N–H and O–H groups in total. The van der Waals surface area contributed by atoms with Crippen molar-refractivity contribution in [3.63, 3.8) is 0 Å². The third kappa shape index (κ3) is 5.36. The first-order chi connectivity index (χ1) is 11.0. The van der Waals surface area contributed by atoms with Crippen LogP contribution in [0.4, 0.5) is 10.8 Å². The lowest BCUT2D eigenvalue weighted by Crippen LogP contribution is -2.22. The van der Waals surface area contributed by atoms with Gasteiger partial charge in [-0.25, -0.2) is 4.98 Å². The molecule has 0 saturated heterocycles. The molecule has 1 amide bonds. The number of nitrogens with zero attached hydrogens (tertiary/aromatic N) is 2. The highest BCUT2D eigenvalue weighted by Crippen LogP contribution is 2.24. The standard InChI is InChI=1S/C8H12N2OS.C8H9N.C2H6/c1-5-6(2)12-8(9-5)10(4)7(3)11;1-2-4-8-7(3-1)5-6-9-8;1-2/h1-4H3;1-4,9H,5-6H2;1-2H3. The number of anilines is 2. The highest BCUT2D eigenvalue weighted by atomic mass is 32.1. The number of thiazole rings is 1. The Labute approximate surface area is 143 Å². The lowest BCUT2D eigenvalue weighted by atomic mass is 10.2. The molecule has 1 aliphatic rings. The number of carbonyl (C=O) groups is 1. The second kappa shape index (κ2) is 9.30. The van der Waals surface area contributed by atoms with Gasteiger partial charge in [0.1, 0.15) is 0 Å². The van der Waals surface area contributed by atoms with Crippen LogP contribution < -0.4 is 10.2 Å². The normalized spacial score (nSPS) is 11.2. The van der Waals surface area contributed by atoms with Crippen LogP contribution in [0.2, 0.25) is 0 Å². The van der Waals surface area contributed by atoms with Crippen molar-refractivity contribution in [1.82, 2.24) is 4.98 Å². The first kappa shape index (κ1) is 19.2. The van der Waals surface area contributed by atoms with Crippen LogP contribution in [0, 0.1) is 13.8 Å². The van der Waals surface area contributed by atoms with E-state index < -0.39 is 0 Å². The van der Waals surface area contributed by atoms with E-state index >= 15 is 0 Å². The molecule has 0 saturated carbocycles. The Balaban J connectivity index is 0.000000213. The van der Waals surface area contributed by atoms with Crippen molar-refractivity contribution in [1.29, 1.82) is 0 Å². The van der Waals surface area contributed by atoms with Crippen LogP contribution in [0.15, 0.2) is 24.3 Å². The van der Waals surface area contributed by atoms with E-state index in [0.717, 1.165) is 22.2 Å². The molecule has 1 aliphatic heterocycles. The second-order valence-corrected chi connectivity index (χ2v) is 6.23. The molecule has 0 unspecified atom stereocenters. The summed E-state index contributed by atoms with van der Waals surface area (Å²) in [5.74, 6) is 0.0174. The van der Waals surface area contributed by atoms with E-state index in [1.807, 2.05) is 27.7 Å². The highest BCUT2D eigenvalue weighted by molar-refractivity contribution is 7.15. The van der Waals surface area contributed by atoms with Crippen LogP contribution in [0.25, 0.3) is 0 Å². The van der Waals surface area contributed by atoms with Crippen LogP contribution in [0.1, 0.15) is 36.9 Å². The smallest absolute Gasteiger partial charge is 0.225 e. The number of nitrogens with one attached hydrogen (secondary N) is 1. The number of carbonyl (C=O) groups excluding carboxylic acids is 1. The van der Waals surface area contributed by atoms with Crippen LogP contribution in [0.5, 0.6) is 0 Å². The third-order valence-corrected chi connectivity index (χ3v) is 4.65. The molecule has 1 aromatic carbocycles. The fourth-order valence-electron chi connectivity index (χ4n) is 1.98. The third-order valence-electron chi connectivity index (χ3n) is 3.50. The van der Waals surface area contributed by atoms with Gasteiger partial charge in [-0.2, -0.15) is 0 Å². The number of para-hydroxylation sites is 1. The summed E-state index contributed by atoms with van der Waals surface area (Å²) in [6.07, 6.45) is 1.19. The molecular formula is C18H27N3OS. The zero-order valence-corrected chi connectivity index (χ0v) is 15.8. The number of aryl methyl sites for hydroxylation is 2. The highest BCUT2D eigenvalue weighted by Gasteiger charge is 2.10. The number of hydrogen-bond donors (Lipinski definition) is 1. The van der Waals surface area contributed by atoms with E-state index in [1.54, 1.807) is 23.3 Å². The largest absolute Gasteiger partial charge is 0.384 e. The van der Waals surface area contributed by atoms with Gasteiger partial charge in [0.25, 0.3) is 0 Å². The molecule has 23 heavy (non-hydrogen) atoms. The Morgan fingerprint density at radius 3 is 2.43 bits per heavy atom. The van der Waals surface area contributed by atoms with E-state index in [-0.39, 0.29) is 5.91 Å². The van der Waals surface area contributed by atoms with E-state index in [2.05, 4.69) is 34.6 Å². The zero-order chi connectivity index (χ0) is 17.4. The van der Waals surface area contributed by atoms with Crippen molar-refractivity contribution in [2.75, 3.05) is 23.8 Å². The van der Waals surface area contributed by atoms with E-state index in [4.69, 9.17) is 0 Å². The average Bonchev–Trinajstić information content (AvgIpc) is 3.16. The maximum absolute atomic E-state index is 11.0. The zero-order valence-electron chi connectivity index (χ0n) is 14.9. The lowest BCUT2D eigenvalue weighted by molar-refractivity contribution is -0.116. The van der Waals surface area contributed by atoms with E-state index in [0.29, 0.717) is 0 Å². The quantitative estimate of drug-likeness (QED) is 0.840. The van der Waals surface area contributed by atoms with Crippen LogP contribution in [-0.4, -0.2) is 24.5 Å². The van der Waals surface area contributed by atoms with Gasteiger partial charge in [-0.15, -0.1) is 11.3 Å². The number of amides is 1. The minimum atomic E-state index is 0.0174. The SMILES string of the molecule is CC.CC(=O)N(C)c1nc(C)c(C)s1.c1ccc2c(c1)CCN2. The van der Waals surface area contributed by atoms with Crippen molar-refractivity contribution >= 4 is 28.1 Å². The van der Waals surface area contributed by atoms with Crippen molar-refractivity contribution in [2.45, 2.75) is 41.0 Å². The van der Waals surface area contributed by atoms with Crippen molar-refractivity contribution < 1.29 is 4.79 Å². The molecule has 0 bridgehead atoms. The van der Waals surface area contributed by atoms with E-state index in [9.17, 15) is 4.79 Å². The molecule has 0 atom stereocenters. The summed E-state index contributed by atoms with van der Waals surface area (Å²) in [5, 5.41) is 4.08. The van der Waals surface area contributed by atoms with Crippen molar-refractivity contribution in [2.24, 2.45) is 0 Å². The van der Waals surface area contributed by atoms with E-state index in [1.165, 1.54) is 24.6 Å². The summed E-state index contributed by atoms with van der Waals surface area (Å²) in [5.41, 5.74) is 3.78. The van der Waals surface area contributed by atoms with Crippen LogP contribution in [0.3, 0.4) is 0 Å². The first-order valence-electron chi connectivity index (χ1n) is 7.99. The van der Waals surface area contributed by atoms with Crippen LogP contribution >= 0.6 is 11.3 Å². The molecule has 2 aromatic rings. The molecule has 0 radical (unpaired) electrons. The topological polar surface area (TPSA) is 45.2 Å². The number of rotatable bonds is 1. The molecule has 2 heterocycles. The lowest BCUT2D eigenvalue weighted by Gasteiger charge is -2.09. The first-order valence-corrected chi connectivity index (χ1v) is 8.80. The molecule has 1 aromatic heterocycles. The van der Waals surface area contributed by atoms with Gasteiger partial charge < -0.3 is 5.32 Å². The Bertz CT molecular complexity index is 594. The van der Waals surface area contributed by atoms with Gasteiger partial charge >= 0.3 is 0 Å². The molecule has 4 nitrogen and oxygen atoms in total. The van der Waals surface area contributed by atoms with Crippen LogP contribution in [-0.2, 0) is 11.2 Å². The molecule has 0 aliphatic carbocycles. The summed E-state index contributed by atoms with van der Waals surface area (Å²) in [7, 11) is 1.74. The fraction of sp³-hybridized carbons (Fsp3) is 0.444. The average molecular weight is 334 g/mol. The fourth-order valence-corrected chi connectivity index (χ4v) is 2.89. The number of fused-ring (bicyclic) bond motifs is 1. The Hall–Kier alpha value is -1.88. The predicted molar refractivity (Wildman–Crippen MR) is 101 cm³/mol. The minimum absolute atomic E-state index is 0.0174. The summed E-state index contributed by atoms with van der Waals surface area (Å²) in [6, 6.07) is 8.46. The number of hydrogen-bond acceptors (Lipinski definition) is 4. The molecule has 3 rings (SSSR count). The summed E-state index contributed by atoms with van der Waals surface area (Å²) in [6.45, 7) is 10.6. The van der Waals surface area contributed by atoms with Gasteiger partial charge in [-0.05, 0) is 31.9 Å². The van der Waals surface area contributed by atoms with Crippen molar-refractivity contribution in [3.05, 3.63) is 40.4 Å². The molecule has 0 spiro atoms. The van der Waals surface area contributed by atoms with Gasteiger partial charge in [0, 0.05) is 31.1 Å². The molecule has 5 heteroatoms. The van der Waals surface area contributed by atoms with Gasteiger partial charge in [0.15, 0.2) is 5.13 Å². The second-order valence-electron chi connectivity index (χ2n) is 5.05. The molecule has 0 fully saturated rings. The Kier molecular flexibility index (Phi) is 7.75. The summed E-state index contributed by atoms with van der Waals surface area (Å²) < 4.78 is 0. The predicted octanol–water partition coefficient (Wildman–Crippen LogP) is 4.42. The summed E-state index contributed by atoms with van der Waals surface area (Å²) in [4.78, 5) is 17.9. The van der Waals surface area contributed by atoms with Crippen molar-refractivity contribution in [3.8, 4) is 0 Å². The molecular weight excluding hydrogens is 306 g/mol. The van der Waals surface area contributed by atoms with Gasteiger partial charge in [-0.1, -0.05) is 32.0 Å². The Morgan fingerprint density at radius 1 is 1.26 bits per heavy atom. The van der Waals surface area contributed by atoms with Gasteiger partial charge in [-0.3, -0.25) is 9.69 Å². The maximum atomic E-state index is 11.0.